The van der Waals surface area contributed by atoms with E-state index in [0.717, 1.165) is 22.0 Å². The van der Waals surface area contributed by atoms with Crippen LogP contribution in [0.2, 0.25) is 0 Å². The molecule has 3 aromatic rings. The second-order valence-electron chi connectivity index (χ2n) is 6.13. The van der Waals surface area contributed by atoms with Gasteiger partial charge in [-0.25, -0.2) is 0 Å². The van der Waals surface area contributed by atoms with Gasteiger partial charge in [0.25, 0.3) is 0 Å². The van der Waals surface area contributed by atoms with Crippen LogP contribution in [0.15, 0.2) is 60.8 Å². The summed E-state index contributed by atoms with van der Waals surface area (Å²) in [5, 5.41) is 1.15. The minimum absolute atomic E-state index is 0.0300. The maximum absolute atomic E-state index is 12.5. The molecule has 0 bridgehead atoms. The lowest BCUT2D eigenvalue weighted by molar-refractivity contribution is -0.129. The van der Waals surface area contributed by atoms with Crippen molar-refractivity contribution in [2.45, 2.75) is 18.5 Å². The van der Waals surface area contributed by atoms with Crippen LogP contribution < -0.4 is 5.73 Å². The van der Waals surface area contributed by atoms with Crippen LogP contribution in [0.4, 0.5) is 0 Å². The summed E-state index contributed by atoms with van der Waals surface area (Å²) in [6, 6.07) is 17.7. The number of H-pyrrole nitrogens is 1. The molecule has 116 valence electrons. The first-order valence-corrected chi connectivity index (χ1v) is 7.88. The fraction of sp³-hybridized carbons (Fsp3) is 0.211. The summed E-state index contributed by atoms with van der Waals surface area (Å²) in [6.45, 7) is 1.28. The van der Waals surface area contributed by atoms with Gasteiger partial charge < -0.3 is 15.6 Å². The molecule has 4 rings (SSSR count). The van der Waals surface area contributed by atoms with E-state index in [1.54, 1.807) is 0 Å². The number of aromatic amines is 1. The van der Waals surface area contributed by atoms with E-state index in [1.165, 1.54) is 0 Å². The molecule has 1 aliphatic rings. The van der Waals surface area contributed by atoms with Crippen LogP contribution in [0.25, 0.3) is 10.9 Å². The molecule has 4 heteroatoms. The van der Waals surface area contributed by atoms with Gasteiger partial charge in [-0.2, -0.15) is 0 Å². The number of fused-ring (bicyclic) bond motifs is 1. The SMILES string of the molecule is N[C@H]1C(=O)N(Cc2ccccc2)C[C@H]1c1c[nH]c2ccccc12. The average Bonchev–Trinajstić information content (AvgIpc) is 3.12. The standard InChI is InChI=1S/C19H19N3O/c20-18-16(15-10-21-17-9-5-4-8-14(15)17)12-22(19(18)23)11-13-6-2-1-3-7-13/h1-10,16,18,21H,11-12,20H2/t16-,18+/m0/s1. The van der Waals surface area contributed by atoms with Gasteiger partial charge in [-0.1, -0.05) is 48.5 Å². The van der Waals surface area contributed by atoms with Gasteiger partial charge in [0.1, 0.15) is 0 Å². The van der Waals surface area contributed by atoms with E-state index in [0.29, 0.717) is 13.1 Å². The number of hydrogen-bond acceptors (Lipinski definition) is 2. The number of nitrogens with zero attached hydrogens (tertiary/aromatic N) is 1. The molecule has 0 spiro atoms. The first-order chi connectivity index (χ1) is 11.2. The Bertz CT molecular complexity index is 840. The lowest BCUT2D eigenvalue weighted by Gasteiger charge is -2.16. The summed E-state index contributed by atoms with van der Waals surface area (Å²) in [4.78, 5) is 17.7. The second-order valence-corrected chi connectivity index (χ2v) is 6.13. The topological polar surface area (TPSA) is 62.1 Å². The fourth-order valence-corrected chi connectivity index (χ4v) is 3.46. The Morgan fingerprint density at radius 1 is 1.09 bits per heavy atom. The molecule has 4 nitrogen and oxygen atoms in total. The van der Waals surface area contributed by atoms with E-state index in [1.807, 2.05) is 59.6 Å². The van der Waals surface area contributed by atoms with Gasteiger partial charge in [-0.05, 0) is 17.2 Å². The zero-order valence-electron chi connectivity index (χ0n) is 12.8. The van der Waals surface area contributed by atoms with Crippen molar-refractivity contribution in [3.63, 3.8) is 0 Å². The zero-order valence-corrected chi connectivity index (χ0v) is 12.8. The maximum Gasteiger partial charge on any atom is 0.240 e. The van der Waals surface area contributed by atoms with Gasteiger partial charge in [0.15, 0.2) is 0 Å². The van der Waals surface area contributed by atoms with Crippen LogP contribution in [0, 0.1) is 0 Å². The summed E-state index contributed by atoms with van der Waals surface area (Å²) in [7, 11) is 0. The number of carbonyl (C=O) groups excluding carboxylic acids is 1. The molecule has 0 radical (unpaired) electrons. The van der Waals surface area contributed by atoms with Crippen molar-refractivity contribution in [3.05, 3.63) is 71.9 Å². The molecule has 0 aliphatic carbocycles. The number of rotatable bonds is 3. The van der Waals surface area contributed by atoms with Gasteiger partial charge in [-0.3, -0.25) is 4.79 Å². The number of aromatic nitrogens is 1. The highest BCUT2D eigenvalue weighted by molar-refractivity contribution is 5.89. The molecule has 23 heavy (non-hydrogen) atoms. The third kappa shape index (κ3) is 2.41. The minimum atomic E-state index is -0.474. The maximum atomic E-state index is 12.5. The zero-order chi connectivity index (χ0) is 15.8. The Morgan fingerprint density at radius 2 is 1.83 bits per heavy atom. The number of para-hydroxylation sites is 1. The summed E-state index contributed by atoms with van der Waals surface area (Å²) >= 11 is 0. The quantitative estimate of drug-likeness (QED) is 0.781. The molecule has 2 heterocycles. The van der Waals surface area contributed by atoms with Crippen LogP contribution in [-0.2, 0) is 11.3 Å². The molecule has 1 fully saturated rings. The summed E-state index contributed by atoms with van der Waals surface area (Å²) in [5.41, 5.74) is 9.60. The highest BCUT2D eigenvalue weighted by Crippen LogP contribution is 2.33. The molecule has 1 aliphatic heterocycles. The molecular formula is C19H19N3O. The highest BCUT2D eigenvalue weighted by Gasteiger charge is 2.39. The number of amides is 1. The Hall–Kier alpha value is -2.59. The van der Waals surface area contributed by atoms with Crippen molar-refractivity contribution in [1.82, 2.24) is 9.88 Å². The average molecular weight is 305 g/mol. The van der Waals surface area contributed by atoms with Crippen molar-refractivity contribution in [2.24, 2.45) is 5.73 Å². The number of hydrogen-bond donors (Lipinski definition) is 2. The molecule has 0 saturated carbocycles. The first kappa shape index (κ1) is 14.0. The Labute approximate surface area is 134 Å². The van der Waals surface area contributed by atoms with Crippen molar-refractivity contribution in [2.75, 3.05) is 6.54 Å². The van der Waals surface area contributed by atoms with Crippen LogP contribution in [0.5, 0.6) is 0 Å². The third-order valence-electron chi connectivity index (χ3n) is 4.68. The first-order valence-electron chi connectivity index (χ1n) is 7.88. The van der Waals surface area contributed by atoms with Crippen LogP contribution in [0.3, 0.4) is 0 Å². The van der Waals surface area contributed by atoms with Crippen molar-refractivity contribution < 1.29 is 4.79 Å². The molecule has 1 amide bonds. The summed E-state index contributed by atoms with van der Waals surface area (Å²) in [6.07, 6.45) is 1.99. The number of nitrogens with two attached hydrogens (primary N) is 1. The van der Waals surface area contributed by atoms with Gasteiger partial charge >= 0.3 is 0 Å². The van der Waals surface area contributed by atoms with Gasteiger partial charge in [0, 0.05) is 36.1 Å². The monoisotopic (exact) mass is 305 g/mol. The highest BCUT2D eigenvalue weighted by atomic mass is 16.2. The largest absolute Gasteiger partial charge is 0.361 e. The Morgan fingerprint density at radius 3 is 2.65 bits per heavy atom. The Kier molecular flexibility index (Phi) is 3.39. The van der Waals surface area contributed by atoms with Gasteiger partial charge in [-0.15, -0.1) is 0 Å². The fourth-order valence-electron chi connectivity index (χ4n) is 3.46. The molecule has 1 saturated heterocycles. The van der Waals surface area contributed by atoms with Gasteiger partial charge in [0.2, 0.25) is 5.91 Å². The molecule has 2 aromatic carbocycles. The summed E-state index contributed by atoms with van der Waals surface area (Å²) < 4.78 is 0. The van der Waals surface area contributed by atoms with E-state index in [2.05, 4.69) is 11.1 Å². The van der Waals surface area contributed by atoms with E-state index in [-0.39, 0.29) is 11.8 Å². The summed E-state index contributed by atoms with van der Waals surface area (Å²) in [5.74, 6) is 0.0616. The lowest BCUT2D eigenvalue weighted by Crippen LogP contribution is -2.35. The molecule has 0 unspecified atom stereocenters. The van der Waals surface area contributed by atoms with Crippen LogP contribution in [0.1, 0.15) is 17.0 Å². The van der Waals surface area contributed by atoms with Crippen molar-refractivity contribution >= 4 is 16.8 Å². The number of likely N-dealkylation sites (tertiary alicyclic amines) is 1. The smallest absolute Gasteiger partial charge is 0.240 e. The molecule has 3 N–H and O–H groups in total. The van der Waals surface area contributed by atoms with Gasteiger partial charge in [0.05, 0.1) is 6.04 Å². The minimum Gasteiger partial charge on any atom is -0.361 e. The van der Waals surface area contributed by atoms with Crippen LogP contribution in [-0.4, -0.2) is 28.4 Å². The van der Waals surface area contributed by atoms with E-state index in [4.69, 9.17) is 5.73 Å². The normalized spacial score (nSPS) is 21.3. The number of nitrogens with one attached hydrogen (secondary N) is 1. The Balaban J connectivity index is 1.62. The van der Waals surface area contributed by atoms with Crippen molar-refractivity contribution in [1.29, 1.82) is 0 Å². The second kappa shape index (κ2) is 5.56. The third-order valence-corrected chi connectivity index (χ3v) is 4.68. The lowest BCUT2D eigenvalue weighted by atomic mass is 9.94. The van der Waals surface area contributed by atoms with E-state index < -0.39 is 6.04 Å². The predicted octanol–water partition coefficient (Wildman–Crippen LogP) is 2.62. The van der Waals surface area contributed by atoms with Crippen LogP contribution >= 0.6 is 0 Å². The van der Waals surface area contributed by atoms with E-state index >= 15 is 0 Å². The number of carbonyl (C=O) groups is 1. The van der Waals surface area contributed by atoms with E-state index in [9.17, 15) is 4.79 Å². The molecule has 2 atom stereocenters. The van der Waals surface area contributed by atoms with Crippen molar-refractivity contribution in [3.8, 4) is 0 Å². The predicted molar refractivity (Wildman–Crippen MR) is 90.9 cm³/mol. The molecular weight excluding hydrogens is 286 g/mol. The number of benzene rings is 2. The molecule has 1 aromatic heterocycles.